The Morgan fingerprint density at radius 3 is 0.963 bits per heavy atom. The molecule has 0 unspecified atom stereocenters. The van der Waals surface area contributed by atoms with Gasteiger partial charge in [-0.1, -0.05) is 0 Å². The zero-order valence-corrected chi connectivity index (χ0v) is 26.4. The minimum absolute atomic E-state index is 0.0144. The van der Waals surface area contributed by atoms with Gasteiger partial charge in [-0.15, -0.1) is 0 Å². The lowest BCUT2D eigenvalue weighted by molar-refractivity contribution is -0.458. The molecule has 0 aromatic heterocycles. The van der Waals surface area contributed by atoms with Crippen LogP contribution in [0, 0.1) is 11.6 Å². The molecule has 0 spiro atoms. The van der Waals surface area contributed by atoms with Crippen molar-refractivity contribution in [1.82, 2.24) is 0 Å². The average molecular weight is 866 g/mol. The van der Waals surface area contributed by atoms with Crippen LogP contribution in [0.25, 0.3) is 0 Å². The zero-order valence-electron chi connectivity index (χ0n) is 24.8. The minimum atomic E-state index is -9.16. The molecule has 54 heavy (non-hydrogen) atoms. The third-order valence-corrected chi connectivity index (χ3v) is 12.2. The van der Waals surface area contributed by atoms with Crippen molar-refractivity contribution in [1.29, 1.82) is 0 Å². The molecule has 3 nitrogen and oxygen atoms in total. The van der Waals surface area contributed by atoms with Crippen molar-refractivity contribution in [3.8, 4) is 0 Å². The second-order valence-electron chi connectivity index (χ2n) is 10.5. The average Bonchev–Trinajstić information content (AvgIpc) is 3.03. The number of benzene rings is 3. The highest BCUT2D eigenvalue weighted by atomic mass is 32.3. The predicted octanol–water partition coefficient (Wildman–Crippen LogP) is 11.5. The van der Waals surface area contributed by atoms with Crippen LogP contribution < -0.4 is 0 Å². The fraction of sp³-hybridized carbons (Fsp3) is 0.333. The Hall–Kier alpha value is -3.62. The van der Waals surface area contributed by atoms with Crippen LogP contribution in [0.2, 0.25) is 0 Å². The van der Waals surface area contributed by atoms with E-state index >= 15 is 8.78 Å². The molecule has 0 N–H and O–H groups in total. The molecule has 3 rings (SSSR count). The number of halogens is 22. The number of alkyl halides is 20. The van der Waals surface area contributed by atoms with Gasteiger partial charge in [0.15, 0.2) is 0 Å². The minimum Gasteiger partial charge on any atom is -0.207 e. The lowest BCUT2D eigenvalue weighted by atomic mass is 9.91. The summed E-state index contributed by atoms with van der Waals surface area (Å²) in [6.45, 7) is 0. The van der Waals surface area contributed by atoms with E-state index in [0.717, 1.165) is 0 Å². The Morgan fingerprint density at radius 1 is 0.389 bits per heavy atom. The summed E-state index contributed by atoms with van der Waals surface area (Å²) in [7, 11) is -13.6. The van der Waals surface area contributed by atoms with Crippen LogP contribution in [0.1, 0.15) is 5.56 Å². The third-order valence-electron chi connectivity index (χ3n) is 7.00. The molecular formula is C27H12F22O3S2. The van der Waals surface area contributed by atoms with Crippen LogP contribution in [0.4, 0.5) is 96.6 Å². The van der Waals surface area contributed by atoms with E-state index in [9.17, 15) is 96.2 Å². The molecule has 0 bridgehead atoms. The van der Waals surface area contributed by atoms with Crippen molar-refractivity contribution < 1.29 is 109 Å². The van der Waals surface area contributed by atoms with Crippen molar-refractivity contribution >= 4 is 20.4 Å². The lowest BCUT2D eigenvalue weighted by Gasteiger charge is -2.43. The number of hydrogen-bond acceptors (Lipinski definition) is 3. The van der Waals surface area contributed by atoms with E-state index in [0.29, 0.717) is 48.5 Å². The van der Waals surface area contributed by atoms with Gasteiger partial charge >= 0.3 is 63.3 Å². The van der Waals surface area contributed by atoms with E-state index in [1.165, 1.54) is 0 Å². The molecule has 3 aromatic rings. The molecule has 0 saturated heterocycles. The van der Waals surface area contributed by atoms with Gasteiger partial charge in [0.05, 0.1) is 5.56 Å². The maximum atomic E-state index is 15.2. The Kier molecular flexibility index (Phi) is 11.0. The normalized spacial score (nSPS) is 15.4. The highest BCUT2D eigenvalue weighted by Gasteiger charge is 2.96. The Balaban J connectivity index is 2.38. The van der Waals surface area contributed by atoms with Crippen LogP contribution in [-0.2, 0) is 19.9 Å². The Morgan fingerprint density at radius 2 is 0.667 bits per heavy atom. The topological polar surface area (TPSA) is 43.4 Å². The highest BCUT2D eigenvalue weighted by molar-refractivity contribution is 8.33. The summed E-state index contributed by atoms with van der Waals surface area (Å²) in [6.07, 6.45) is -13.3. The first-order valence-electron chi connectivity index (χ1n) is 13.1. The summed E-state index contributed by atoms with van der Waals surface area (Å²) in [5, 5.41) is -8.20. The van der Waals surface area contributed by atoms with Crippen molar-refractivity contribution in [3.05, 3.63) is 90.0 Å². The summed E-state index contributed by atoms with van der Waals surface area (Å²) >= 11 is 0. The highest BCUT2D eigenvalue weighted by Crippen LogP contribution is 2.72. The first-order valence-corrected chi connectivity index (χ1v) is 16.1. The van der Waals surface area contributed by atoms with Crippen LogP contribution >= 0.6 is 10.3 Å². The SMILES string of the molecule is O=S(=O)(OS(c1ccc(F)cc1)(c1ccc(F)cc1)c1ccc(C(F)(F)F)cc1)C(F)(F)C(F)(F)C(F)(F)C(F)(F)C(F)(F)C(F)(F)C(F)(F)C(F)(F)F. The quantitative estimate of drug-likeness (QED) is 0.170. The van der Waals surface area contributed by atoms with E-state index in [1.807, 2.05) is 0 Å². The summed E-state index contributed by atoms with van der Waals surface area (Å²) < 4.78 is 334. The zero-order chi connectivity index (χ0) is 42.2. The molecule has 27 heteroatoms. The summed E-state index contributed by atoms with van der Waals surface area (Å²) in [5.74, 6) is -56.1. The van der Waals surface area contributed by atoms with Gasteiger partial charge in [-0.2, -0.15) is 96.2 Å². The molecule has 3 aromatic carbocycles. The molecule has 0 atom stereocenters. The largest absolute Gasteiger partial charge is 0.460 e. The van der Waals surface area contributed by atoms with Crippen molar-refractivity contribution in [2.45, 2.75) is 67.8 Å². The molecule has 0 amide bonds. The molecule has 0 aliphatic heterocycles. The fourth-order valence-corrected chi connectivity index (χ4v) is 9.27. The van der Waals surface area contributed by atoms with Crippen LogP contribution in [0.5, 0.6) is 0 Å². The van der Waals surface area contributed by atoms with Gasteiger partial charge in [-0.3, -0.25) is 0 Å². The van der Waals surface area contributed by atoms with Crippen LogP contribution in [0.15, 0.2) is 87.5 Å². The third kappa shape index (κ3) is 6.59. The Bertz CT molecular complexity index is 1870. The van der Waals surface area contributed by atoms with Crippen molar-refractivity contribution in [2.75, 3.05) is 0 Å². The maximum absolute atomic E-state index is 15.2. The number of hydrogen-bond donors (Lipinski definition) is 0. The van der Waals surface area contributed by atoms with Gasteiger partial charge in [-0.25, -0.2) is 12.4 Å². The van der Waals surface area contributed by atoms with Crippen LogP contribution in [0.3, 0.4) is 0 Å². The van der Waals surface area contributed by atoms with E-state index in [2.05, 4.69) is 3.63 Å². The van der Waals surface area contributed by atoms with Crippen molar-refractivity contribution in [2.24, 2.45) is 0 Å². The smallest absolute Gasteiger partial charge is 0.207 e. The first-order chi connectivity index (χ1) is 23.9. The van der Waals surface area contributed by atoms with Gasteiger partial charge in [0, 0.05) is 14.7 Å². The lowest BCUT2D eigenvalue weighted by Crippen LogP contribution is -2.75. The molecule has 0 saturated carbocycles. The van der Waals surface area contributed by atoms with Crippen LogP contribution in [-0.4, -0.2) is 55.4 Å². The van der Waals surface area contributed by atoms with E-state index in [-0.39, 0.29) is 24.3 Å². The molecular weight excluding hydrogens is 854 g/mol. The fourth-order valence-electron chi connectivity index (χ4n) is 4.10. The second kappa shape index (κ2) is 13.3. The monoisotopic (exact) mass is 866 g/mol. The molecule has 0 fully saturated rings. The van der Waals surface area contributed by atoms with E-state index < -0.39 is 105 Å². The molecule has 0 aliphatic carbocycles. The van der Waals surface area contributed by atoms with Crippen molar-refractivity contribution in [3.63, 3.8) is 0 Å². The number of rotatable bonds is 12. The second-order valence-corrected chi connectivity index (χ2v) is 15.0. The van der Waals surface area contributed by atoms with E-state index in [1.54, 1.807) is 0 Å². The summed E-state index contributed by atoms with van der Waals surface area (Å²) in [6, 6.07) is 2.78. The first kappa shape index (κ1) is 44.8. The molecule has 0 heterocycles. The molecule has 0 aliphatic rings. The van der Waals surface area contributed by atoms with Gasteiger partial charge in [0.25, 0.3) is 0 Å². The van der Waals surface area contributed by atoms with Gasteiger partial charge < -0.3 is 0 Å². The van der Waals surface area contributed by atoms with Gasteiger partial charge in [0.2, 0.25) is 0 Å². The van der Waals surface area contributed by atoms with E-state index in [4.69, 9.17) is 0 Å². The molecule has 304 valence electrons. The van der Waals surface area contributed by atoms with Gasteiger partial charge in [-0.05, 0) is 83.1 Å². The summed E-state index contributed by atoms with van der Waals surface area (Å²) in [4.78, 5) is -3.44. The Labute approximate surface area is 287 Å². The predicted molar refractivity (Wildman–Crippen MR) is 137 cm³/mol. The van der Waals surface area contributed by atoms with Gasteiger partial charge in [0.1, 0.15) is 11.6 Å². The summed E-state index contributed by atoms with van der Waals surface area (Å²) in [5.41, 5.74) is -1.65. The standard InChI is InChI=1S/C27H12F22O3S2/c28-14-3-9-17(10-4-14)53(18-11-5-15(29)6-12-18,16-7-1-13(2-8-16)19(30,31)32)52-54(50,51)27(48,49)25(43,44)23(39,40)21(35,36)20(33,34)22(37,38)24(41,42)26(45,46)47/h1-12H. The molecule has 0 radical (unpaired) electrons. The maximum Gasteiger partial charge on any atom is 0.460 e.